The standard InChI is InChI=1S/C12H18N2O2/c1-9(15)6-7-12(16)14-10(2)11-5-3-4-8-13-11/h3-5,8-10,15H,6-7H2,1-2H3,(H,14,16)/t9?,10-/m0/s1. The highest BCUT2D eigenvalue weighted by Gasteiger charge is 2.10. The van der Waals surface area contributed by atoms with Crippen molar-refractivity contribution in [2.45, 2.75) is 38.8 Å². The lowest BCUT2D eigenvalue weighted by Crippen LogP contribution is -2.27. The third kappa shape index (κ3) is 4.40. The van der Waals surface area contributed by atoms with Gasteiger partial charge in [0.2, 0.25) is 5.91 Å². The Morgan fingerprint density at radius 3 is 2.81 bits per heavy atom. The maximum atomic E-state index is 11.5. The van der Waals surface area contributed by atoms with Gasteiger partial charge in [0.25, 0.3) is 0 Å². The summed E-state index contributed by atoms with van der Waals surface area (Å²) in [6.45, 7) is 3.57. The lowest BCUT2D eigenvalue weighted by Gasteiger charge is -2.13. The lowest BCUT2D eigenvalue weighted by atomic mass is 10.2. The number of amides is 1. The van der Waals surface area contributed by atoms with Crippen molar-refractivity contribution in [3.8, 4) is 0 Å². The molecule has 4 heteroatoms. The molecule has 0 fully saturated rings. The molecule has 1 aromatic heterocycles. The Bertz CT molecular complexity index is 325. The first-order chi connectivity index (χ1) is 7.59. The summed E-state index contributed by atoms with van der Waals surface area (Å²) < 4.78 is 0. The van der Waals surface area contributed by atoms with Gasteiger partial charge in [0, 0.05) is 12.6 Å². The molecule has 1 heterocycles. The third-order valence-electron chi connectivity index (χ3n) is 2.30. The number of pyridine rings is 1. The first-order valence-electron chi connectivity index (χ1n) is 5.48. The molecule has 1 aromatic rings. The predicted octanol–water partition coefficient (Wildman–Crippen LogP) is 1.42. The van der Waals surface area contributed by atoms with Gasteiger partial charge < -0.3 is 10.4 Å². The van der Waals surface area contributed by atoms with Crippen LogP contribution in [0, 0.1) is 0 Å². The molecule has 0 radical (unpaired) electrons. The van der Waals surface area contributed by atoms with E-state index in [1.807, 2.05) is 25.1 Å². The van der Waals surface area contributed by atoms with E-state index in [-0.39, 0.29) is 11.9 Å². The van der Waals surface area contributed by atoms with Gasteiger partial charge in [-0.1, -0.05) is 6.07 Å². The summed E-state index contributed by atoms with van der Waals surface area (Å²) in [5.41, 5.74) is 0.841. The minimum atomic E-state index is -0.434. The van der Waals surface area contributed by atoms with E-state index in [1.165, 1.54) is 0 Å². The fraction of sp³-hybridized carbons (Fsp3) is 0.500. The van der Waals surface area contributed by atoms with E-state index in [4.69, 9.17) is 5.11 Å². The summed E-state index contributed by atoms with van der Waals surface area (Å²) in [6.07, 6.45) is 2.10. The molecule has 0 spiro atoms. The second-order valence-corrected chi connectivity index (χ2v) is 3.93. The zero-order valence-electron chi connectivity index (χ0n) is 9.68. The second kappa shape index (κ2) is 6.23. The highest BCUT2D eigenvalue weighted by Crippen LogP contribution is 2.08. The molecule has 0 aromatic carbocycles. The Hall–Kier alpha value is -1.42. The van der Waals surface area contributed by atoms with Crippen molar-refractivity contribution in [3.05, 3.63) is 30.1 Å². The fourth-order valence-electron chi connectivity index (χ4n) is 1.36. The molecule has 0 saturated heterocycles. The SMILES string of the molecule is CC(O)CCC(=O)N[C@@H](C)c1ccccn1. The average Bonchev–Trinajstić information content (AvgIpc) is 2.27. The van der Waals surface area contributed by atoms with E-state index in [1.54, 1.807) is 13.1 Å². The van der Waals surface area contributed by atoms with Crippen molar-refractivity contribution in [1.29, 1.82) is 0 Å². The number of carbonyl (C=O) groups excluding carboxylic acids is 1. The van der Waals surface area contributed by atoms with E-state index in [2.05, 4.69) is 10.3 Å². The van der Waals surface area contributed by atoms with Crippen LogP contribution in [0.5, 0.6) is 0 Å². The smallest absolute Gasteiger partial charge is 0.220 e. The average molecular weight is 222 g/mol. The molecule has 2 atom stereocenters. The predicted molar refractivity (Wildman–Crippen MR) is 61.7 cm³/mol. The topological polar surface area (TPSA) is 62.2 Å². The molecule has 1 rings (SSSR count). The van der Waals surface area contributed by atoms with Crippen molar-refractivity contribution in [2.75, 3.05) is 0 Å². The van der Waals surface area contributed by atoms with Gasteiger partial charge in [-0.15, -0.1) is 0 Å². The maximum Gasteiger partial charge on any atom is 0.220 e. The van der Waals surface area contributed by atoms with Crippen LogP contribution in [-0.4, -0.2) is 22.1 Å². The molecule has 88 valence electrons. The van der Waals surface area contributed by atoms with Gasteiger partial charge in [-0.05, 0) is 32.4 Å². The van der Waals surface area contributed by atoms with E-state index in [0.29, 0.717) is 12.8 Å². The molecule has 4 nitrogen and oxygen atoms in total. The molecule has 0 aliphatic carbocycles. The van der Waals surface area contributed by atoms with Gasteiger partial charge in [0.1, 0.15) is 0 Å². The van der Waals surface area contributed by atoms with Crippen molar-refractivity contribution in [1.82, 2.24) is 10.3 Å². The number of carbonyl (C=O) groups is 1. The molecule has 1 amide bonds. The molecule has 0 bridgehead atoms. The van der Waals surface area contributed by atoms with E-state index in [9.17, 15) is 4.79 Å². The maximum absolute atomic E-state index is 11.5. The highest BCUT2D eigenvalue weighted by molar-refractivity contribution is 5.76. The largest absolute Gasteiger partial charge is 0.393 e. The molecule has 0 aliphatic rings. The van der Waals surface area contributed by atoms with Gasteiger partial charge in [0.05, 0.1) is 17.8 Å². The van der Waals surface area contributed by atoms with Crippen LogP contribution >= 0.6 is 0 Å². The second-order valence-electron chi connectivity index (χ2n) is 3.93. The molecule has 16 heavy (non-hydrogen) atoms. The van der Waals surface area contributed by atoms with Gasteiger partial charge in [0.15, 0.2) is 0 Å². The summed E-state index contributed by atoms with van der Waals surface area (Å²) in [4.78, 5) is 15.6. The Kier molecular flexibility index (Phi) is 4.92. The first-order valence-corrected chi connectivity index (χ1v) is 5.48. The van der Waals surface area contributed by atoms with Crippen LogP contribution in [0.4, 0.5) is 0 Å². The van der Waals surface area contributed by atoms with Gasteiger partial charge in [-0.25, -0.2) is 0 Å². The number of rotatable bonds is 5. The Morgan fingerprint density at radius 2 is 2.25 bits per heavy atom. The number of aromatic nitrogens is 1. The number of aliphatic hydroxyl groups is 1. The monoisotopic (exact) mass is 222 g/mol. The first kappa shape index (κ1) is 12.6. The number of hydrogen-bond acceptors (Lipinski definition) is 3. The lowest BCUT2D eigenvalue weighted by molar-refractivity contribution is -0.122. The molecule has 0 aliphatic heterocycles. The number of nitrogens with one attached hydrogen (secondary N) is 1. The summed E-state index contributed by atoms with van der Waals surface area (Å²) in [6, 6.07) is 5.51. The van der Waals surface area contributed by atoms with Crippen molar-refractivity contribution in [2.24, 2.45) is 0 Å². The van der Waals surface area contributed by atoms with Crippen LogP contribution in [-0.2, 0) is 4.79 Å². The van der Waals surface area contributed by atoms with Crippen LogP contribution in [0.2, 0.25) is 0 Å². The summed E-state index contributed by atoms with van der Waals surface area (Å²) in [5, 5.41) is 11.9. The summed E-state index contributed by atoms with van der Waals surface area (Å²) in [5.74, 6) is -0.0564. The minimum absolute atomic E-state index is 0.0564. The van der Waals surface area contributed by atoms with Crippen molar-refractivity contribution in [3.63, 3.8) is 0 Å². The molecule has 2 N–H and O–H groups in total. The van der Waals surface area contributed by atoms with Gasteiger partial charge >= 0.3 is 0 Å². The number of aliphatic hydroxyl groups excluding tert-OH is 1. The van der Waals surface area contributed by atoms with Crippen LogP contribution < -0.4 is 5.32 Å². The highest BCUT2D eigenvalue weighted by atomic mass is 16.3. The third-order valence-corrected chi connectivity index (χ3v) is 2.30. The summed E-state index contributed by atoms with van der Waals surface area (Å²) >= 11 is 0. The van der Waals surface area contributed by atoms with Crippen LogP contribution in [0.15, 0.2) is 24.4 Å². The molecular formula is C12H18N2O2. The number of nitrogens with zero attached hydrogens (tertiary/aromatic N) is 1. The molecule has 0 saturated carbocycles. The normalized spacial score (nSPS) is 14.2. The van der Waals surface area contributed by atoms with Crippen LogP contribution in [0.25, 0.3) is 0 Å². The zero-order valence-corrected chi connectivity index (χ0v) is 9.68. The van der Waals surface area contributed by atoms with E-state index < -0.39 is 6.10 Å². The van der Waals surface area contributed by atoms with Gasteiger partial charge in [-0.2, -0.15) is 0 Å². The van der Waals surface area contributed by atoms with E-state index >= 15 is 0 Å². The Balaban J connectivity index is 2.40. The van der Waals surface area contributed by atoms with E-state index in [0.717, 1.165) is 5.69 Å². The zero-order chi connectivity index (χ0) is 12.0. The Labute approximate surface area is 95.7 Å². The fourth-order valence-corrected chi connectivity index (χ4v) is 1.36. The minimum Gasteiger partial charge on any atom is -0.393 e. The summed E-state index contributed by atoms with van der Waals surface area (Å²) in [7, 11) is 0. The van der Waals surface area contributed by atoms with Gasteiger partial charge in [-0.3, -0.25) is 9.78 Å². The molecule has 1 unspecified atom stereocenters. The van der Waals surface area contributed by atoms with Crippen LogP contribution in [0.1, 0.15) is 38.4 Å². The Morgan fingerprint density at radius 1 is 1.50 bits per heavy atom. The van der Waals surface area contributed by atoms with Crippen LogP contribution in [0.3, 0.4) is 0 Å². The van der Waals surface area contributed by atoms with Crippen molar-refractivity contribution < 1.29 is 9.90 Å². The quantitative estimate of drug-likeness (QED) is 0.792. The molecular weight excluding hydrogens is 204 g/mol. The van der Waals surface area contributed by atoms with Crippen molar-refractivity contribution >= 4 is 5.91 Å². The number of hydrogen-bond donors (Lipinski definition) is 2.